The quantitative estimate of drug-likeness (QED) is 0.851. The second-order valence-electron chi connectivity index (χ2n) is 5.16. The molecule has 0 saturated carbocycles. The van der Waals surface area contributed by atoms with Crippen molar-refractivity contribution in [3.05, 3.63) is 41.5 Å². The van der Waals surface area contributed by atoms with Crippen LogP contribution in [0.1, 0.15) is 17.0 Å². The van der Waals surface area contributed by atoms with Gasteiger partial charge in [-0.15, -0.1) is 5.10 Å². The van der Waals surface area contributed by atoms with Crippen LogP contribution in [0.2, 0.25) is 0 Å². The van der Waals surface area contributed by atoms with Gasteiger partial charge in [-0.25, -0.2) is 9.48 Å². The number of carbonyl (C=O) groups excluding carboxylic acids is 1. The lowest BCUT2D eigenvalue weighted by Gasteiger charge is -2.24. The van der Waals surface area contributed by atoms with Crippen LogP contribution in [-0.2, 0) is 24.4 Å². The van der Waals surface area contributed by atoms with Crippen molar-refractivity contribution in [1.29, 1.82) is 0 Å². The number of pyridine rings is 1. The lowest BCUT2D eigenvalue weighted by atomic mass is 10.2. The highest BCUT2D eigenvalue weighted by Crippen LogP contribution is 2.14. The van der Waals surface area contributed by atoms with E-state index < -0.39 is 0 Å². The molecule has 0 fully saturated rings. The zero-order chi connectivity index (χ0) is 15.4. The van der Waals surface area contributed by atoms with Crippen molar-refractivity contribution in [2.75, 3.05) is 6.54 Å². The fourth-order valence-electron chi connectivity index (χ4n) is 2.27. The van der Waals surface area contributed by atoms with E-state index in [1.54, 1.807) is 12.4 Å². The van der Waals surface area contributed by atoms with Gasteiger partial charge in [-0.2, -0.15) is 0 Å². The van der Waals surface area contributed by atoms with Crippen molar-refractivity contribution in [3.63, 3.8) is 0 Å². The molecule has 2 amide bonds. The third-order valence-electron chi connectivity index (χ3n) is 3.53. The maximum atomic E-state index is 11.8. The molecule has 8 heteroatoms. The summed E-state index contributed by atoms with van der Waals surface area (Å²) in [6.45, 7) is 3.85. The normalized spacial score (nSPS) is 16.9. The van der Waals surface area contributed by atoms with Crippen LogP contribution in [0.5, 0.6) is 0 Å². The smallest absolute Gasteiger partial charge is 0.315 e. The number of nitrogens with one attached hydrogen (secondary N) is 2. The minimum atomic E-state index is -0.229. The summed E-state index contributed by atoms with van der Waals surface area (Å²) in [7, 11) is 0. The van der Waals surface area contributed by atoms with Crippen LogP contribution >= 0.6 is 0 Å². The standard InChI is InChI=1S/C14H18N6O2/c1-10-13-9-22-12(8-20(13)19-18-10)7-17-14(21)16-6-11-3-2-4-15-5-11/h2-5,12H,6-9H2,1H3,(H2,16,17,21)/t12-/m1/s1. The Morgan fingerprint density at radius 1 is 1.50 bits per heavy atom. The van der Waals surface area contributed by atoms with E-state index >= 15 is 0 Å². The molecule has 22 heavy (non-hydrogen) atoms. The molecule has 116 valence electrons. The minimum absolute atomic E-state index is 0.0993. The third kappa shape index (κ3) is 3.40. The van der Waals surface area contributed by atoms with E-state index in [0.29, 0.717) is 26.2 Å². The van der Waals surface area contributed by atoms with Crippen LogP contribution in [0.4, 0.5) is 4.79 Å². The van der Waals surface area contributed by atoms with Crippen LogP contribution in [0.25, 0.3) is 0 Å². The molecule has 0 spiro atoms. The van der Waals surface area contributed by atoms with Gasteiger partial charge in [0, 0.05) is 25.5 Å². The molecule has 0 unspecified atom stereocenters. The van der Waals surface area contributed by atoms with Gasteiger partial charge in [-0.3, -0.25) is 4.98 Å². The number of nitrogens with zero attached hydrogens (tertiary/aromatic N) is 4. The van der Waals surface area contributed by atoms with E-state index in [1.807, 2.05) is 23.7 Å². The highest BCUT2D eigenvalue weighted by Gasteiger charge is 2.22. The van der Waals surface area contributed by atoms with Crippen molar-refractivity contribution in [2.24, 2.45) is 0 Å². The van der Waals surface area contributed by atoms with Crippen LogP contribution in [-0.4, -0.2) is 38.7 Å². The van der Waals surface area contributed by atoms with Gasteiger partial charge in [0.05, 0.1) is 30.6 Å². The van der Waals surface area contributed by atoms with E-state index in [0.717, 1.165) is 17.0 Å². The molecule has 3 rings (SSSR count). The van der Waals surface area contributed by atoms with Crippen LogP contribution in [0.3, 0.4) is 0 Å². The summed E-state index contributed by atoms with van der Waals surface area (Å²) in [6.07, 6.45) is 3.32. The summed E-state index contributed by atoms with van der Waals surface area (Å²) in [6, 6.07) is 3.52. The Morgan fingerprint density at radius 2 is 2.41 bits per heavy atom. The average Bonchev–Trinajstić information content (AvgIpc) is 2.93. The number of ether oxygens (including phenoxy) is 1. The highest BCUT2D eigenvalue weighted by atomic mass is 16.5. The number of aryl methyl sites for hydroxylation is 1. The summed E-state index contributed by atoms with van der Waals surface area (Å²) < 4.78 is 7.54. The number of carbonyl (C=O) groups is 1. The number of aromatic nitrogens is 4. The first-order chi connectivity index (χ1) is 10.7. The maximum absolute atomic E-state index is 11.8. The maximum Gasteiger partial charge on any atom is 0.315 e. The predicted octanol–water partition coefficient (Wildman–Crippen LogP) is 0.380. The van der Waals surface area contributed by atoms with Gasteiger partial charge in [0.15, 0.2) is 0 Å². The van der Waals surface area contributed by atoms with Gasteiger partial charge in [0.1, 0.15) is 0 Å². The van der Waals surface area contributed by atoms with Gasteiger partial charge < -0.3 is 15.4 Å². The van der Waals surface area contributed by atoms with Crippen molar-refractivity contribution in [3.8, 4) is 0 Å². The van der Waals surface area contributed by atoms with Gasteiger partial charge >= 0.3 is 6.03 Å². The SMILES string of the molecule is Cc1nnn2c1CO[C@H](CNC(=O)NCc1cccnc1)C2. The Morgan fingerprint density at radius 3 is 3.23 bits per heavy atom. The molecule has 0 aromatic carbocycles. The molecule has 0 saturated heterocycles. The van der Waals surface area contributed by atoms with E-state index in [9.17, 15) is 4.79 Å². The molecule has 0 radical (unpaired) electrons. The second kappa shape index (κ2) is 6.52. The topological polar surface area (TPSA) is 94.0 Å². The summed E-state index contributed by atoms with van der Waals surface area (Å²) in [5, 5.41) is 13.7. The Labute approximate surface area is 127 Å². The summed E-state index contributed by atoms with van der Waals surface area (Å²) in [5.74, 6) is 0. The van der Waals surface area contributed by atoms with Crippen LogP contribution in [0.15, 0.2) is 24.5 Å². The monoisotopic (exact) mass is 302 g/mol. The van der Waals surface area contributed by atoms with E-state index in [1.165, 1.54) is 0 Å². The molecular weight excluding hydrogens is 284 g/mol. The average molecular weight is 302 g/mol. The molecule has 8 nitrogen and oxygen atoms in total. The first-order valence-electron chi connectivity index (χ1n) is 7.13. The Hall–Kier alpha value is -2.48. The summed E-state index contributed by atoms with van der Waals surface area (Å²) in [4.78, 5) is 15.8. The zero-order valence-corrected chi connectivity index (χ0v) is 12.3. The number of urea groups is 1. The van der Waals surface area contributed by atoms with Gasteiger partial charge in [0.2, 0.25) is 0 Å². The Balaban J connectivity index is 1.42. The fourth-order valence-corrected chi connectivity index (χ4v) is 2.27. The van der Waals surface area contributed by atoms with Crippen molar-refractivity contribution in [1.82, 2.24) is 30.6 Å². The number of fused-ring (bicyclic) bond motifs is 1. The molecule has 1 aliphatic heterocycles. The zero-order valence-electron chi connectivity index (χ0n) is 12.3. The Bertz CT molecular complexity index is 642. The van der Waals surface area contributed by atoms with Crippen LogP contribution < -0.4 is 10.6 Å². The third-order valence-corrected chi connectivity index (χ3v) is 3.53. The lowest BCUT2D eigenvalue weighted by Crippen LogP contribution is -2.43. The molecule has 1 atom stereocenters. The number of hydrogen-bond donors (Lipinski definition) is 2. The first-order valence-corrected chi connectivity index (χ1v) is 7.13. The summed E-state index contributed by atoms with van der Waals surface area (Å²) in [5.41, 5.74) is 2.84. The number of rotatable bonds is 4. The van der Waals surface area contributed by atoms with E-state index in [-0.39, 0.29) is 12.1 Å². The van der Waals surface area contributed by atoms with E-state index in [4.69, 9.17) is 4.74 Å². The molecule has 0 bridgehead atoms. The molecule has 2 aromatic rings. The highest BCUT2D eigenvalue weighted by molar-refractivity contribution is 5.73. The molecule has 2 N–H and O–H groups in total. The van der Waals surface area contributed by atoms with Gasteiger partial charge in [-0.1, -0.05) is 11.3 Å². The number of amides is 2. The summed E-state index contributed by atoms with van der Waals surface area (Å²) >= 11 is 0. The van der Waals surface area contributed by atoms with Crippen molar-refractivity contribution >= 4 is 6.03 Å². The number of hydrogen-bond acceptors (Lipinski definition) is 5. The van der Waals surface area contributed by atoms with Crippen LogP contribution in [0, 0.1) is 6.92 Å². The molecule has 2 aromatic heterocycles. The molecule has 3 heterocycles. The molecular formula is C14H18N6O2. The molecule has 1 aliphatic rings. The van der Waals surface area contributed by atoms with E-state index in [2.05, 4.69) is 25.9 Å². The largest absolute Gasteiger partial charge is 0.368 e. The predicted molar refractivity (Wildman–Crippen MR) is 77.8 cm³/mol. The van der Waals surface area contributed by atoms with Gasteiger partial charge in [0.25, 0.3) is 0 Å². The second-order valence-corrected chi connectivity index (χ2v) is 5.16. The Kier molecular flexibility index (Phi) is 4.29. The van der Waals surface area contributed by atoms with Crippen molar-refractivity contribution < 1.29 is 9.53 Å². The lowest BCUT2D eigenvalue weighted by molar-refractivity contribution is 0.00234. The minimum Gasteiger partial charge on any atom is -0.368 e. The fraction of sp³-hybridized carbons (Fsp3) is 0.429. The molecule has 0 aliphatic carbocycles. The van der Waals surface area contributed by atoms with Gasteiger partial charge in [-0.05, 0) is 18.6 Å². The van der Waals surface area contributed by atoms with Crippen molar-refractivity contribution in [2.45, 2.75) is 32.7 Å². The first kappa shape index (κ1) is 14.5.